The van der Waals surface area contributed by atoms with Crippen LogP contribution in [0.15, 0.2) is 66.7 Å². The van der Waals surface area contributed by atoms with Gasteiger partial charge in [0.25, 0.3) is 17.7 Å². The first-order valence-electron chi connectivity index (χ1n) is 11.1. The molecule has 8 heteroatoms. The molecule has 0 atom stereocenters. The Morgan fingerprint density at radius 2 is 1.60 bits per heavy atom. The summed E-state index contributed by atoms with van der Waals surface area (Å²) < 4.78 is 16.0. The van der Waals surface area contributed by atoms with Crippen molar-refractivity contribution in [3.8, 4) is 11.5 Å². The minimum atomic E-state index is -0.347. The molecule has 0 saturated heterocycles. The molecule has 1 heterocycles. The average molecular weight is 475 g/mol. The average Bonchev–Trinajstić information content (AvgIpc) is 3.12. The molecule has 1 N–H and O–H groups in total. The van der Waals surface area contributed by atoms with Gasteiger partial charge in [-0.2, -0.15) is 0 Å². The maximum atomic E-state index is 13.0. The normalized spacial score (nSPS) is 12.5. The monoisotopic (exact) mass is 474 g/mol. The highest BCUT2D eigenvalue weighted by molar-refractivity contribution is 6.21. The summed E-state index contributed by atoms with van der Waals surface area (Å²) >= 11 is 0. The molecule has 4 rings (SSSR count). The molecular formula is C27H26N2O6. The van der Waals surface area contributed by atoms with E-state index in [1.165, 1.54) is 12.0 Å². The summed E-state index contributed by atoms with van der Waals surface area (Å²) in [5, 5.41) is 2.89. The summed E-state index contributed by atoms with van der Waals surface area (Å²) in [6.07, 6.45) is 0. The molecule has 0 bridgehead atoms. The zero-order valence-corrected chi connectivity index (χ0v) is 19.6. The second-order valence-corrected chi connectivity index (χ2v) is 7.95. The smallest absolute Gasteiger partial charge is 0.261 e. The van der Waals surface area contributed by atoms with Crippen molar-refractivity contribution in [1.29, 1.82) is 0 Å². The van der Waals surface area contributed by atoms with Crippen LogP contribution in [0.2, 0.25) is 0 Å². The van der Waals surface area contributed by atoms with E-state index in [-0.39, 0.29) is 30.8 Å². The Morgan fingerprint density at radius 1 is 0.857 bits per heavy atom. The molecule has 0 spiro atoms. The first kappa shape index (κ1) is 24.0. The summed E-state index contributed by atoms with van der Waals surface area (Å²) in [6.45, 7) is 1.25. The standard InChI is InChI=1S/C27H26N2O6/c1-33-12-13-35-20-7-5-6-18(14-20)16-28-25(30)23-15-19(10-11-24(23)34-2)17-29-26(31)21-8-3-4-9-22(21)27(29)32/h3-11,14-15H,12-13,16-17H2,1-2H3,(H,28,30). The number of ether oxygens (including phenoxy) is 3. The summed E-state index contributed by atoms with van der Waals surface area (Å²) in [6, 6.07) is 19.2. The number of benzene rings is 3. The molecule has 3 aromatic rings. The van der Waals surface area contributed by atoms with Gasteiger partial charge >= 0.3 is 0 Å². The second kappa shape index (κ2) is 10.8. The summed E-state index contributed by atoms with van der Waals surface area (Å²) in [5.41, 5.74) is 2.59. The van der Waals surface area contributed by atoms with Crippen LogP contribution in [0, 0.1) is 0 Å². The lowest BCUT2D eigenvalue weighted by Gasteiger charge is -2.16. The van der Waals surface area contributed by atoms with Gasteiger partial charge in [0.2, 0.25) is 0 Å². The Bertz CT molecular complexity index is 1220. The lowest BCUT2D eigenvalue weighted by Crippen LogP contribution is -2.29. The third kappa shape index (κ3) is 5.33. The quantitative estimate of drug-likeness (QED) is 0.357. The van der Waals surface area contributed by atoms with E-state index in [4.69, 9.17) is 14.2 Å². The first-order valence-corrected chi connectivity index (χ1v) is 11.1. The first-order chi connectivity index (χ1) is 17.0. The largest absolute Gasteiger partial charge is 0.496 e. The van der Waals surface area contributed by atoms with Gasteiger partial charge in [-0.15, -0.1) is 0 Å². The maximum absolute atomic E-state index is 13.0. The van der Waals surface area contributed by atoms with Crippen molar-refractivity contribution in [3.63, 3.8) is 0 Å². The molecule has 180 valence electrons. The van der Waals surface area contributed by atoms with E-state index in [2.05, 4.69) is 5.32 Å². The van der Waals surface area contributed by atoms with Crippen molar-refractivity contribution in [2.45, 2.75) is 13.1 Å². The fourth-order valence-corrected chi connectivity index (χ4v) is 3.86. The van der Waals surface area contributed by atoms with Crippen LogP contribution < -0.4 is 14.8 Å². The Hall–Kier alpha value is -4.17. The predicted octanol–water partition coefficient (Wildman–Crippen LogP) is 3.45. The number of carbonyl (C=O) groups excluding carboxylic acids is 3. The molecular weight excluding hydrogens is 448 g/mol. The topological polar surface area (TPSA) is 94.2 Å². The minimum Gasteiger partial charge on any atom is -0.496 e. The van der Waals surface area contributed by atoms with Crippen LogP contribution in [-0.2, 0) is 17.8 Å². The zero-order chi connectivity index (χ0) is 24.8. The number of nitrogens with one attached hydrogen (secondary N) is 1. The third-order valence-electron chi connectivity index (χ3n) is 5.64. The second-order valence-electron chi connectivity index (χ2n) is 7.95. The molecule has 0 saturated carbocycles. The maximum Gasteiger partial charge on any atom is 0.261 e. The molecule has 0 radical (unpaired) electrons. The van der Waals surface area contributed by atoms with Crippen molar-refractivity contribution in [2.75, 3.05) is 27.4 Å². The van der Waals surface area contributed by atoms with Gasteiger partial charge in [-0.1, -0.05) is 30.3 Å². The molecule has 1 aliphatic heterocycles. The summed E-state index contributed by atoms with van der Waals surface area (Å²) in [7, 11) is 3.09. The SMILES string of the molecule is COCCOc1cccc(CNC(=O)c2cc(CN3C(=O)c4ccccc4C3=O)ccc2OC)c1. The van der Waals surface area contributed by atoms with Crippen molar-refractivity contribution >= 4 is 17.7 Å². The number of imide groups is 1. The van der Waals surface area contributed by atoms with Gasteiger partial charge in [0.1, 0.15) is 18.1 Å². The van der Waals surface area contributed by atoms with Crippen molar-refractivity contribution in [2.24, 2.45) is 0 Å². The van der Waals surface area contributed by atoms with Crippen LogP contribution in [0.4, 0.5) is 0 Å². The van der Waals surface area contributed by atoms with Crippen LogP contribution in [-0.4, -0.2) is 50.1 Å². The van der Waals surface area contributed by atoms with Gasteiger partial charge in [0, 0.05) is 13.7 Å². The number of nitrogens with zero attached hydrogens (tertiary/aromatic N) is 1. The number of methoxy groups -OCH3 is 2. The number of hydrogen-bond donors (Lipinski definition) is 1. The Balaban J connectivity index is 1.45. The molecule has 3 aromatic carbocycles. The van der Waals surface area contributed by atoms with Gasteiger partial charge < -0.3 is 19.5 Å². The van der Waals surface area contributed by atoms with E-state index in [1.54, 1.807) is 49.6 Å². The lowest BCUT2D eigenvalue weighted by atomic mass is 10.1. The van der Waals surface area contributed by atoms with Crippen LogP contribution in [0.1, 0.15) is 42.2 Å². The highest BCUT2D eigenvalue weighted by Crippen LogP contribution is 2.26. The van der Waals surface area contributed by atoms with Gasteiger partial charge in [-0.25, -0.2) is 0 Å². The van der Waals surface area contributed by atoms with Gasteiger partial charge in [0.05, 0.1) is 37.0 Å². The van der Waals surface area contributed by atoms with Gasteiger partial charge in [-0.3, -0.25) is 19.3 Å². The molecule has 8 nitrogen and oxygen atoms in total. The van der Waals surface area contributed by atoms with E-state index in [9.17, 15) is 14.4 Å². The zero-order valence-electron chi connectivity index (χ0n) is 19.6. The Kier molecular flexibility index (Phi) is 7.42. The number of rotatable bonds is 10. The molecule has 1 aliphatic rings. The highest BCUT2D eigenvalue weighted by atomic mass is 16.5. The number of amides is 3. The molecule has 0 fully saturated rings. The lowest BCUT2D eigenvalue weighted by molar-refractivity contribution is 0.0642. The molecule has 35 heavy (non-hydrogen) atoms. The van der Waals surface area contributed by atoms with Gasteiger partial charge in [-0.05, 0) is 47.5 Å². The van der Waals surface area contributed by atoms with Crippen LogP contribution >= 0.6 is 0 Å². The molecule has 0 aliphatic carbocycles. The van der Waals surface area contributed by atoms with E-state index in [0.717, 1.165) is 5.56 Å². The van der Waals surface area contributed by atoms with Crippen LogP contribution in [0.5, 0.6) is 11.5 Å². The van der Waals surface area contributed by atoms with E-state index < -0.39 is 0 Å². The summed E-state index contributed by atoms with van der Waals surface area (Å²) in [5.74, 6) is 0.0522. The number of hydrogen-bond acceptors (Lipinski definition) is 6. The van der Waals surface area contributed by atoms with Crippen LogP contribution in [0.3, 0.4) is 0 Å². The van der Waals surface area contributed by atoms with E-state index in [0.29, 0.717) is 47.0 Å². The van der Waals surface area contributed by atoms with Crippen molar-refractivity contribution in [3.05, 3.63) is 94.5 Å². The fraction of sp³-hybridized carbons (Fsp3) is 0.222. The fourth-order valence-electron chi connectivity index (χ4n) is 3.86. The van der Waals surface area contributed by atoms with Crippen molar-refractivity contribution < 1.29 is 28.6 Å². The third-order valence-corrected chi connectivity index (χ3v) is 5.64. The number of carbonyl (C=O) groups is 3. The van der Waals surface area contributed by atoms with E-state index in [1.807, 2.05) is 24.3 Å². The predicted molar refractivity (Wildman–Crippen MR) is 129 cm³/mol. The van der Waals surface area contributed by atoms with Crippen LogP contribution in [0.25, 0.3) is 0 Å². The highest BCUT2D eigenvalue weighted by Gasteiger charge is 2.35. The summed E-state index contributed by atoms with van der Waals surface area (Å²) in [4.78, 5) is 39.6. The minimum absolute atomic E-state index is 0.0531. The molecule has 0 unspecified atom stereocenters. The molecule has 0 aromatic heterocycles. The Labute approximate surface area is 203 Å². The van der Waals surface area contributed by atoms with E-state index >= 15 is 0 Å². The van der Waals surface area contributed by atoms with Crippen molar-refractivity contribution in [1.82, 2.24) is 10.2 Å². The number of fused-ring (bicyclic) bond motifs is 1. The van der Waals surface area contributed by atoms with Gasteiger partial charge in [0.15, 0.2) is 0 Å². The molecule has 3 amide bonds. The Morgan fingerprint density at radius 3 is 2.29 bits per heavy atom.